The Morgan fingerprint density at radius 3 is 2.35 bits per heavy atom. The van der Waals surface area contributed by atoms with E-state index in [9.17, 15) is 9.59 Å². The summed E-state index contributed by atoms with van der Waals surface area (Å²) in [6.45, 7) is 2.80. The topological polar surface area (TPSA) is 93.1 Å². The molecule has 6 heteroatoms. The molecule has 2 N–H and O–H groups in total. The van der Waals surface area contributed by atoms with Crippen molar-refractivity contribution in [3.05, 3.63) is 11.8 Å². The Balaban J connectivity index is 3.70. The van der Waals surface area contributed by atoms with Gasteiger partial charge in [-0.1, -0.05) is 0 Å². The molecule has 0 aliphatic carbocycles. The molecule has 17 heavy (non-hydrogen) atoms. The molecule has 0 amide bonds. The molecular weight excluding hydrogens is 228 g/mol. The first-order chi connectivity index (χ1) is 7.95. The Morgan fingerprint density at radius 2 is 1.82 bits per heavy atom. The summed E-state index contributed by atoms with van der Waals surface area (Å²) in [6, 6.07) is 0. The highest BCUT2D eigenvalue weighted by Crippen LogP contribution is 1.99. The van der Waals surface area contributed by atoms with Crippen molar-refractivity contribution in [3.63, 3.8) is 0 Å². The second-order valence-electron chi connectivity index (χ2n) is 3.70. The van der Waals surface area contributed by atoms with Gasteiger partial charge >= 0.3 is 11.9 Å². The zero-order valence-electron chi connectivity index (χ0n) is 10.0. The van der Waals surface area contributed by atoms with Gasteiger partial charge in [0.05, 0.1) is 25.7 Å². The normalized spacial score (nSPS) is 11.5. The predicted molar refractivity (Wildman–Crippen MR) is 58.8 cm³/mol. The van der Waals surface area contributed by atoms with Crippen molar-refractivity contribution in [3.8, 4) is 0 Å². The minimum Gasteiger partial charge on any atom is -0.463 e. The Bertz CT molecular complexity index is 280. The second-order valence-corrected chi connectivity index (χ2v) is 3.70. The van der Waals surface area contributed by atoms with Crippen molar-refractivity contribution < 1.29 is 29.3 Å². The molecule has 0 aromatic carbocycles. The molecule has 0 fully saturated rings. The summed E-state index contributed by atoms with van der Waals surface area (Å²) in [5, 5.41) is 17.4. The molecule has 0 spiro atoms. The van der Waals surface area contributed by atoms with E-state index in [1.54, 1.807) is 13.8 Å². The zero-order chi connectivity index (χ0) is 13.3. The summed E-state index contributed by atoms with van der Waals surface area (Å²) < 4.78 is 9.30. The number of aliphatic hydroxyl groups is 2. The van der Waals surface area contributed by atoms with E-state index >= 15 is 0 Å². The number of allylic oxidation sites excluding steroid dienone is 1. The van der Waals surface area contributed by atoms with Crippen LogP contribution in [0.2, 0.25) is 0 Å². The number of ether oxygens (including phenoxy) is 2. The van der Waals surface area contributed by atoms with Crippen LogP contribution in [-0.2, 0) is 19.1 Å². The van der Waals surface area contributed by atoms with Crippen LogP contribution in [0.1, 0.15) is 26.7 Å². The van der Waals surface area contributed by atoms with Crippen molar-refractivity contribution in [1.29, 1.82) is 0 Å². The number of rotatable bonds is 7. The predicted octanol–water partition coefficient (Wildman–Crippen LogP) is 0.130. The first-order valence-electron chi connectivity index (χ1n) is 5.23. The third-order valence-electron chi connectivity index (χ3n) is 1.61. The molecule has 0 aliphatic heterocycles. The van der Waals surface area contributed by atoms with Gasteiger partial charge in [0.1, 0.15) is 12.7 Å². The van der Waals surface area contributed by atoms with Gasteiger partial charge in [0.25, 0.3) is 0 Å². The Hall–Kier alpha value is -1.40. The zero-order valence-corrected chi connectivity index (χ0v) is 10.0. The van der Waals surface area contributed by atoms with Crippen molar-refractivity contribution in [2.75, 3.05) is 13.2 Å². The summed E-state index contributed by atoms with van der Waals surface area (Å²) >= 11 is 0. The molecule has 0 radical (unpaired) electrons. The number of hydrogen-bond donors (Lipinski definition) is 2. The largest absolute Gasteiger partial charge is 0.463 e. The fraction of sp³-hybridized carbons (Fsp3) is 0.636. The summed E-state index contributed by atoms with van der Waals surface area (Å²) in [4.78, 5) is 22.2. The first-order valence-corrected chi connectivity index (χ1v) is 5.23. The molecule has 0 rings (SSSR count). The van der Waals surface area contributed by atoms with Crippen molar-refractivity contribution in [2.45, 2.75) is 32.8 Å². The molecule has 0 heterocycles. The van der Waals surface area contributed by atoms with Gasteiger partial charge in [-0.3, -0.25) is 9.59 Å². The molecule has 6 nitrogen and oxygen atoms in total. The molecule has 0 bridgehead atoms. The fourth-order valence-electron chi connectivity index (χ4n) is 0.761. The van der Waals surface area contributed by atoms with Crippen LogP contribution >= 0.6 is 0 Å². The number of carbonyl (C=O) groups is 2. The van der Waals surface area contributed by atoms with Crippen LogP contribution in [0, 0.1) is 0 Å². The first kappa shape index (κ1) is 15.6. The molecule has 0 saturated carbocycles. The van der Waals surface area contributed by atoms with Gasteiger partial charge in [-0.15, -0.1) is 0 Å². The highest BCUT2D eigenvalue weighted by Gasteiger charge is 2.10. The van der Waals surface area contributed by atoms with Gasteiger partial charge in [-0.25, -0.2) is 0 Å². The molecule has 0 aromatic heterocycles. The molecule has 0 aliphatic rings. The minimum atomic E-state index is -1.09. The van der Waals surface area contributed by atoms with Gasteiger partial charge in [0, 0.05) is 0 Å². The van der Waals surface area contributed by atoms with E-state index in [2.05, 4.69) is 4.74 Å². The quantitative estimate of drug-likeness (QED) is 0.490. The van der Waals surface area contributed by atoms with Crippen LogP contribution in [0.5, 0.6) is 0 Å². The number of esters is 2. The lowest BCUT2D eigenvalue weighted by atomic mass is 10.3. The highest BCUT2D eigenvalue weighted by molar-refractivity contribution is 5.77. The number of carbonyl (C=O) groups excluding carboxylic acids is 2. The van der Waals surface area contributed by atoms with E-state index in [1.165, 1.54) is 6.26 Å². The molecule has 0 aromatic rings. The number of hydrogen-bond acceptors (Lipinski definition) is 6. The average molecular weight is 246 g/mol. The van der Waals surface area contributed by atoms with E-state index in [4.69, 9.17) is 14.9 Å². The van der Waals surface area contributed by atoms with E-state index in [0.717, 1.165) is 5.57 Å². The maximum Gasteiger partial charge on any atom is 0.311 e. The third-order valence-corrected chi connectivity index (χ3v) is 1.61. The lowest BCUT2D eigenvalue weighted by molar-refractivity contribution is -0.150. The van der Waals surface area contributed by atoms with Gasteiger partial charge in [0.2, 0.25) is 0 Å². The average Bonchev–Trinajstić information content (AvgIpc) is 2.30. The van der Waals surface area contributed by atoms with Gasteiger partial charge in [-0.05, 0) is 19.4 Å². The van der Waals surface area contributed by atoms with E-state index in [-0.39, 0.29) is 19.4 Å². The smallest absolute Gasteiger partial charge is 0.311 e. The van der Waals surface area contributed by atoms with Gasteiger partial charge < -0.3 is 19.7 Å². The summed E-state index contributed by atoms with van der Waals surface area (Å²) in [6.07, 6.45) is 0.0192. The van der Waals surface area contributed by atoms with Crippen LogP contribution in [0.4, 0.5) is 0 Å². The molecular formula is C11H18O6. The Labute approximate surface area is 99.8 Å². The Kier molecular flexibility index (Phi) is 8.00. The van der Waals surface area contributed by atoms with Crippen LogP contribution in [-0.4, -0.2) is 41.5 Å². The fourth-order valence-corrected chi connectivity index (χ4v) is 0.761. The standard InChI is InChI=1S/C11H18O6/c1-8(2)6-16-10(14)3-4-11(15)17-7-9(13)5-12/h6,9,12-13H,3-5,7H2,1-2H3. The highest BCUT2D eigenvalue weighted by atomic mass is 16.5. The maximum atomic E-state index is 11.1. The summed E-state index contributed by atoms with van der Waals surface area (Å²) in [7, 11) is 0. The van der Waals surface area contributed by atoms with Crippen molar-refractivity contribution in [1.82, 2.24) is 0 Å². The van der Waals surface area contributed by atoms with Gasteiger partial charge in [0.15, 0.2) is 0 Å². The lowest BCUT2D eigenvalue weighted by Gasteiger charge is -2.07. The summed E-state index contributed by atoms with van der Waals surface area (Å²) in [5.74, 6) is -1.14. The molecule has 1 atom stereocenters. The minimum absolute atomic E-state index is 0.0855. The molecule has 1 unspecified atom stereocenters. The van der Waals surface area contributed by atoms with E-state index < -0.39 is 24.6 Å². The molecule has 98 valence electrons. The Morgan fingerprint density at radius 1 is 1.24 bits per heavy atom. The van der Waals surface area contributed by atoms with Crippen LogP contribution in [0.25, 0.3) is 0 Å². The van der Waals surface area contributed by atoms with Crippen LogP contribution in [0.3, 0.4) is 0 Å². The SMILES string of the molecule is CC(C)=COC(=O)CCC(=O)OCC(O)CO. The lowest BCUT2D eigenvalue weighted by Crippen LogP contribution is -2.22. The van der Waals surface area contributed by atoms with Crippen molar-refractivity contribution in [2.24, 2.45) is 0 Å². The maximum absolute atomic E-state index is 11.1. The third kappa shape index (κ3) is 9.52. The second kappa shape index (κ2) is 8.72. The number of aliphatic hydroxyl groups excluding tert-OH is 2. The van der Waals surface area contributed by atoms with E-state index in [1.807, 2.05) is 0 Å². The van der Waals surface area contributed by atoms with Crippen LogP contribution in [0.15, 0.2) is 11.8 Å². The summed E-state index contributed by atoms with van der Waals surface area (Å²) in [5.41, 5.74) is 0.840. The van der Waals surface area contributed by atoms with E-state index in [0.29, 0.717) is 0 Å². The van der Waals surface area contributed by atoms with Crippen LogP contribution < -0.4 is 0 Å². The monoisotopic (exact) mass is 246 g/mol. The molecule has 0 saturated heterocycles. The van der Waals surface area contributed by atoms with Crippen molar-refractivity contribution >= 4 is 11.9 Å². The van der Waals surface area contributed by atoms with Gasteiger partial charge in [-0.2, -0.15) is 0 Å².